The standard InChI is InChI=1S/C20H26N2O6.C10H14N2O5/c1-12(2)15-6-4-3-5-13(15)10-27-11-14-8-22(20(26)21-19(14)25)18-7-16(24)17(9-23)28-18;1-5-3-12(10(16)11-9(5)15)8-2-6(14)7(4-13)17-8/h3-6,8,12,16-18,23-24H,7,9-11H2,1-2H3,(H,21,25,26);3,6-8,13-14H,2,4H2,1H3,(H,11,15,16)/t16?,17-,18-;6?,7-,8-/m11/s1. The molecule has 0 bridgehead atoms. The fourth-order valence-electron chi connectivity index (χ4n) is 5.24. The Labute approximate surface area is 257 Å². The van der Waals surface area contributed by atoms with Crippen molar-refractivity contribution in [3.8, 4) is 0 Å². The second kappa shape index (κ2) is 15.1. The summed E-state index contributed by atoms with van der Waals surface area (Å²) in [6.45, 7) is 5.50. The Morgan fingerprint density at radius 2 is 1.33 bits per heavy atom. The maximum Gasteiger partial charge on any atom is 0.330 e. The van der Waals surface area contributed by atoms with Gasteiger partial charge in [-0.25, -0.2) is 9.59 Å². The molecule has 0 radical (unpaired) electrons. The number of H-pyrrole nitrogens is 2. The summed E-state index contributed by atoms with van der Waals surface area (Å²) in [7, 11) is 0. The van der Waals surface area contributed by atoms with Crippen LogP contribution in [0, 0.1) is 6.92 Å². The first kappa shape index (κ1) is 34.2. The molecular weight excluding hydrogens is 592 g/mol. The van der Waals surface area contributed by atoms with Gasteiger partial charge in [-0.2, -0.15) is 0 Å². The van der Waals surface area contributed by atoms with E-state index in [2.05, 4.69) is 29.9 Å². The van der Waals surface area contributed by atoms with Crippen LogP contribution in [0.5, 0.6) is 0 Å². The number of hydrogen-bond acceptors (Lipinski definition) is 11. The fraction of sp³-hybridized carbons (Fsp3) is 0.533. The molecule has 0 saturated carbocycles. The van der Waals surface area contributed by atoms with Crippen LogP contribution in [0.4, 0.5) is 0 Å². The molecule has 45 heavy (non-hydrogen) atoms. The molecule has 5 rings (SSSR count). The summed E-state index contributed by atoms with van der Waals surface area (Å²) >= 11 is 0. The molecule has 2 aromatic heterocycles. The van der Waals surface area contributed by atoms with Crippen molar-refractivity contribution < 1.29 is 34.6 Å². The summed E-state index contributed by atoms with van der Waals surface area (Å²) in [5.74, 6) is 0.357. The Bertz CT molecular complexity index is 1680. The molecule has 0 amide bonds. The van der Waals surface area contributed by atoms with E-state index in [9.17, 15) is 34.5 Å². The van der Waals surface area contributed by atoms with E-state index in [-0.39, 0.29) is 38.2 Å². The molecular formula is C30H40N4O11. The monoisotopic (exact) mass is 632 g/mol. The molecule has 4 heterocycles. The molecule has 6 atom stereocenters. The molecule has 15 heteroatoms. The van der Waals surface area contributed by atoms with E-state index >= 15 is 0 Å². The third-order valence-corrected chi connectivity index (χ3v) is 7.77. The minimum Gasteiger partial charge on any atom is -0.394 e. The summed E-state index contributed by atoms with van der Waals surface area (Å²) < 4.78 is 19.0. The lowest BCUT2D eigenvalue weighted by Gasteiger charge is -2.16. The zero-order valence-corrected chi connectivity index (χ0v) is 25.3. The van der Waals surface area contributed by atoms with E-state index < -0.39 is 59.4 Å². The second-order valence-corrected chi connectivity index (χ2v) is 11.4. The number of benzene rings is 1. The van der Waals surface area contributed by atoms with Crippen molar-refractivity contribution in [3.05, 3.63) is 101 Å². The summed E-state index contributed by atoms with van der Waals surface area (Å²) in [4.78, 5) is 51.4. The van der Waals surface area contributed by atoms with Gasteiger partial charge in [0.25, 0.3) is 11.1 Å². The highest BCUT2D eigenvalue weighted by Crippen LogP contribution is 2.28. The highest BCUT2D eigenvalue weighted by molar-refractivity contribution is 5.29. The highest BCUT2D eigenvalue weighted by atomic mass is 16.5. The summed E-state index contributed by atoms with van der Waals surface area (Å²) in [6, 6.07) is 7.97. The number of nitrogens with one attached hydrogen (secondary N) is 2. The number of hydrogen-bond donors (Lipinski definition) is 6. The van der Waals surface area contributed by atoms with Crippen LogP contribution in [0.15, 0.2) is 55.8 Å². The summed E-state index contributed by atoms with van der Waals surface area (Å²) in [5, 5.41) is 37.6. The Balaban J connectivity index is 0.000000231. The Kier molecular flexibility index (Phi) is 11.4. The van der Waals surface area contributed by atoms with Crippen LogP contribution in [0.1, 0.15) is 67.3 Å². The quantitative estimate of drug-likeness (QED) is 0.177. The van der Waals surface area contributed by atoms with Gasteiger partial charge < -0.3 is 34.6 Å². The number of nitrogens with zero attached hydrogens (tertiary/aromatic N) is 2. The summed E-state index contributed by atoms with van der Waals surface area (Å²) in [6.07, 6.45) is -1.41. The average Bonchev–Trinajstić information content (AvgIpc) is 3.57. The van der Waals surface area contributed by atoms with Crippen molar-refractivity contribution in [3.63, 3.8) is 0 Å². The smallest absolute Gasteiger partial charge is 0.330 e. The first-order valence-electron chi connectivity index (χ1n) is 14.6. The molecule has 2 saturated heterocycles. The largest absolute Gasteiger partial charge is 0.394 e. The van der Waals surface area contributed by atoms with Crippen molar-refractivity contribution >= 4 is 0 Å². The number of aliphatic hydroxyl groups is 4. The number of aromatic nitrogens is 4. The minimum absolute atomic E-state index is 0.0285. The van der Waals surface area contributed by atoms with E-state index in [1.165, 1.54) is 27.1 Å². The molecule has 2 unspecified atom stereocenters. The van der Waals surface area contributed by atoms with E-state index in [0.29, 0.717) is 18.1 Å². The first-order chi connectivity index (χ1) is 21.4. The van der Waals surface area contributed by atoms with Crippen LogP contribution in [0.3, 0.4) is 0 Å². The molecule has 3 aromatic rings. The van der Waals surface area contributed by atoms with Crippen LogP contribution in [0.2, 0.25) is 0 Å². The van der Waals surface area contributed by atoms with Gasteiger partial charge >= 0.3 is 11.4 Å². The van der Waals surface area contributed by atoms with Crippen LogP contribution in [0.25, 0.3) is 0 Å². The first-order valence-corrected chi connectivity index (χ1v) is 14.6. The molecule has 2 aliphatic rings. The van der Waals surface area contributed by atoms with Gasteiger partial charge in [0.05, 0.1) is 44.2 Å². The molecule has 0 aliphatic carbocycles. The van der Waals surface area contributed by atoms with E-state index in [0.717, 1.165) is 5.56 Å². The maximum atomic E-state index is 12.1. The minimum atomic E-state index is -0.874. The van der Waals surface area contributed by atoms with E-state index in [1.807, 2.05) is 18.2 Å². The number of ether oxygens (including phenoxy) is 3. The van der Waals surface area contributed by atoms with Crippen molar-refractivity contribution in [1.82, 2.24) is 19.1 Å². The lowest BCUT2D eigenvalue weighted by atomic mass is 9.98. The van der Waals surface area contributed by atoms with Crippen LogP contribution >= 0.6 is 0 Å². The van der Waals surface area contributed by atoms with Gasteiger partial charge in [-0.15, -0.1) is 0 Å². The molecule has 0 spiro atoms. The molecule has 2 aliphatic heterocycles. The normalized spacial score (nSPS) is 24.5. The molecule has 246 valence electrons. The van der Waals surface area contributed by atoms with Crippen LogP contribution in [-0.4, -0.2) is 77.2 Å². The molecule has 6 N–H and O–H groups in total. The van der Waals surface area contributed by atoms with Crippen LogP contribution < -0.4 is 22.5 Å². The zero-order chi connectivity index (χ0) is 32.8. The number of aliphatic hydroxyl groups excluding tert-OH is 4. The third-order valence-electron chi connectivity index (χ3n) is 7.77. The van der Waals surface area contributed by atoms with Gasteiger partial charge in [0.1, 0.15) is 24.7 Å². The number of rotatable bonds is 9. The molecule has 15 nitrogen and oxygen atoms in total. The van der Waals surface area contributed by atoms with Crippen molar-refractivity contribution in [2.24, 2.45) is 0 Å². The molecule has 2 fully saturated rings. The van der Waals surface area contributed by atoms with Crippen molar-refractivity contribution in [1.29, 1.82) is 0 Å². The van der Waals surface area contributed by atoms with Gasteiger partial charge in [-0.05, 0) is 24.0 Å². The van der Waals surface area contributed by atoms with E-state index in [4.69, 9.17) is 19.3 Å². The Morgan fingerprint density at radius 1 is 0.822 bits per heavy atom. The van der Waals surface area contributed by atoms with Gasteiger partial charge in [-0.1, -0.05) is 38.1 Å². The predicted octanol–water partition coefficient (Wildman–Crippen LogP) is -0.497. The van der Waals surface area contributed by atoms with Crippen LogP contribution in [-0.2, 0) is 27.4 Å². The lowest BCUT2D eigenvalue weighted by molar-refractivity contribution is -0.0461. The van der Waals surface area contributed by atoms with Crippen molar-refractivity contribution in [2.75, 3.05) is 13.2 Å². The number of aryl methyl sites for hydroxylation is 1. The lowest BCUT2D eigenvalue weighted by Crippen LogP contribution is -2.34. The average molecular weight is 633 g/mol. The van der Waals surface area contributed by atoms with Gasteiger partial charge in [0.2, 0.25) is 0 Å². The fourth-order valence-corrected chi connectivity index (χ4v) is 5.24. The maximum absolute atomic E-state index is 12.1. The summed E-state index contributed by atoms with van der Waals surface area (Å²) in [5.41, 5.74) is 0.729. The molecule has 1 aromatic carbocycles. The Morgan fingerprint density at radius 3 is 1.87 bits per heavy atom. The Hall–Kier alpha value is -3.70. The highest BCUT2D eigenvalue weighted by Gasteiger charge is 2.36. The zero-order valence-electron chi connectivity index (χ0n) is 25.3. The second-order valence-electron chi connectivity index (χ2n) is 11.4. The third kappa shape index (κ3) is 8.12. The predicted molar refractivity (Wildman–Crippen MR) is 160 cm³/mol. The van der Waals surface area contributed by atoms with Crippen molar-refractivity contribution in [2.45, 2.75) is 89.6 Å². The van der Waals surface area contributed by atoms with Gasteiger partial charge in [0, 0.05) is 30.8 Å². The SMILES string of the molecule is CC(C)c1ccccc1COCc1cn([C@H]2CC(O)[C@@H](CO)O2)c(=O)[nH]c1=O.Cc1cn([C@H]2CC(O)[C@@H](CO)O2)c(=O)[nH]c1=O. The van der Waals surface area contributed by atoms with E-state index in [1.54, 1.807) is 6.92 Å². The number of aromatic amines is 2. The van der Waals surface area contributed by atoms with Gasteiger partial charge in [-0.3, -0.25) is 28.7 Å². The van der Waals surface area contributed by atoms with Gasteiger partial charge in [0.15, 0.2) is 0 Å². The topological polar surface area (TPSA) is 218 Å².